The number of carboxylic acid groups (broad SMARTS) is 1. The molecule has 5 nitrogen and oxygen atoms in total. The number of ether oxygens (including phenoxy) is 1. The van der Waals surface area contributed by atoms with Crippen molar-refractivity contribution in [2.75, 3.05) is 13.7 Å². The van der Waals surface area contributed by atoms with E-state index in [0.717, 1.165) is 5.56 Å². The third kappa shape index (κ3) is 5.86. The van der Waals surface area contributed by atoms with Crippen molar-refractivity contribution < 1.29 is 19.4 Å². The number of carboxylic acids is 1. The minimum Gasteiger partial charge on any atom is -0.481 e. The van der Waals surface area contributed by atoms with Crippen LogP contribution < -0.4 is 5.32 Å². The Bertz CT molecular complexity index is 502. The zero-order chi connectivity index (χ0) is 15.0. The van der Waals surface area contributed by atoms with Gasteiger partial charge in [-0.3, -0.25) is 9.59 Å². The van der Waals surface area contributed by atoms with E-state index < -0.39 is 12.1 Å². The van der Waals surface area contributed by atoms with Gasteiger partial charge in [0, 0.05) is 24.8 Å². The smallest absolute Gasteiger partial charge is 0.306 e. The minimum absolute atomic E-state index is 0.133. The number of carbonyl (C=O) groups is 2. The summed E-state index contributed by atoms with van der Waals surface area (Å²) in [4.78, 5) is 22.1. The highest BCUT2D eigenvalue weighted by atomic mass is 35.5. The maximum Gasteiger partial charge on any atom is 0.306 e. The van der Waals surface area contributed by atoms with Gasteiger partial charge in [0.2, 0.25) is 5.91 Å². The van der Waals surface area contributed by atoms with Crippen LogP contribution in [0.2, 0.25) is 5.02 Å². The van der Waals surface area contributed by atoms with E-state index >= 15 is 0 Å². The van der Waals surface area contributed by atoms with Crippen molar-refractivity contribution in [1.82, 2.24) is 5.32 Å². The van der Waals surface area contributed by atoms with E-state index in [4.69, 9.17) is 21.4 Å². The molecule has 1 aromatic rings. The maximum atomic E-state index is 11.6. The number of benzene rings is 1. The molecular weight excluding hydrogens is 282 g/mol. The molecule has 0 fully saturated rings. The van der Waals surface area contributed by atoms with Crippen LogP contribution in [0.1, 0.15) is 12.0 Å². The topological polar surface area (TPSA) is 75.6 Å². The Balaban J connectivity index is 2.47. The third-order valence-corrected chi connectivity index (χ3v) is 2.90. The van der Waals surface area contributed by atoms with Gasteiger partial charge in [-0.15, -0.1) is 0 Å². The number of methoxy groups -OCH3 is 1. The Morgan fingerprint density at radius 2 is 2.15 bits per heavy atom. The summed E-state index contributed by atoms with van der Waals surface area (Å²) in [5, 5.41) is 11.8. The van der Waals surface area contributed by atoms with Crippen molar-refractivity contribution in [3.05, 3.63) is 40.9 Å². The summed E-state index contributed by atoms with van der Waals surface area (Å²) < 4.78 is 4.95. The quantitative estimate of drug-likeness (QED) is 0.754. The van der Waals surface area contributed by atoms with Crippen molar-refractivity contribution in [2.24, 2.45) is 0 Å². The van der Waals surface area contributed by atoms with Gasteiger partial charge in [-0.1, -0.05) is 29.8 Å². The number of carbonyl (C=O) groups excluding carboxylic acids is 1. The first-order chi connectivity index (χ1) is 9.52. The molecule has 0 radical (unpaired) electrons. The normalized spacial score (nSPS) is 12.3. The molecule has 20 heavy (non-hydrogen) atoms. The summed E-state index contributed by atoms with van der Waals surface area (Å²) in [7, 11) is 1.40. The van der Waals surface area contributed by atoms with Gasteiger partial charge in [0.25, 0.3) is 0 Å². The molecular formula is C14H16ClNO4. The predicted octanol–water partition coefficient (Wildman–Crippen LogP) is 1.96. The van der Waals surface area contributed by atoms with Gasteiger partial charge in [0.15, 0.2) is 0 Å². The van der Waals surface area contributed by atoms with Crippen LogP contribution in [0, 0.1) is 0 Å². The molecule has 0 aliphatic carbocycles. The van der Waals surface area contributed by atoms with Crippen molar-refractivity contribution in [1.29, 1.82) is 0 Å². The number of aliphatic carboxylic acids is 1. The molecule has 0 heterocycles. The molecule has 1 rings (SSSR count). The molecule has 1 aromatic carbocycles. The molecule has 0 aliphatic rings. The summed E-state index contributed by atoms with van der Waals surface area (Å²) in [6.45, 7) is 0.133. The van der Waals surface area contributed by atoms with Gasteiger partial charge >= 0.3 is 5.97 Å². The Kier molecular flexibility index (Phi) is 6.76. The number of rotatable bonds is 7. The summed E-state index contributed by atoms with van der Waals surface area (Å²) in [5.74, 6) is -1.31. The van der Waals surface area contributed by atoms with Crippen LogP contribution in [0.25, 0.3) is 6.08 Å². The van der Waals surface area contributed by atoms with E-state index in [1.54, 1.807) is 24.3 Å². The van der Waals surface area contributed by atoms with Crippen molar-refractivity contribution in [3.8, 4) is 0 Å². The average Bonchev–Trinajstić information content (AvgIpc) is 2.42. The largest absolute Gasteiger partial charge is 0.481 e. The molecule has 1 atom stereocenters. The number of hydrogen-bond acceptors (Lipinski definition) is 3. The van der Waals surface area contributed by atoms with E-state index in [1.165, 1.54) is 13.2 Å². The first-order valence-corrected chi connectivity index (χ1v) is 6.35. The van der Waals surface area contributed by atoms with E-state index in [0.29, 0.717) is 5.02 Å². The second kappa shape index (κ2) is 8.35. The van der Waals surface area contributed by atoms with Crippen LogP contribution in [0.4, 0.5) is 0 Å². The van der Waals surface area contributed by atoms with Crippen LogP contribution in [-0.4, -0.2) is 36.7 Å². The lowest BCUT2D eigenvalue weighted by atomic mass is 10.2. The van der Waals surface area contributed by atoms with Gasteiger partial charge in [0.1, 0.15) is 0 Å². The van der Waals surface area contributed by atoms with Gasteiger partial charge in [-0.05, 0) is 17.7 Å². The molecule has 0 saturated heterocycles. The molecule has 0 spiro atoms. The fourth-order valence-electron chi connectivity index (χ4n) is 1.48. The Labute approximate surface area is 122 Å². The molecule has 0 bridgehead atoms. The van der Waals surface area contributed by atoms with Gasteiger partial charge in [0.05, 0.1) is 12.5 Å². The second-order valence-corrected chi connectivity index (χ2v) is 4.46. The average molecular weight is 298 g/mol. The maximum absolute atomic E-state index is 11.6. The van der Waals surface area contributed by atoms with Crippen molar-refractivity contribution in [3.63, 3.8) is 0 Å². The zero-order valence-corrected chi connectivity index (χ0v) is 11.8. The number of nitrogens with one attached hydrogen (secondary N) is 1. The highest BCUT2D eigenvalue weighted by molar-refractivity contribution is 6.32. The lowest BCUT2D eigenvalue weighted by molar-refractivity contribution is -0.140. The summed E-state index contributed by atoms with van der Waals surface area (Å²) in [5.41, 5.74) is 0.734. The van der Waals surface area contributed by atoms with Crippen molar-refractivity contribution in [2.45, 2.75) is 12.5 Å². The monoisotopic (exact) mass is 297 g/mol. The molecule has 6 heteroatoms. The van der Waals surface area contributed by atoms with E-state index in [9.17, 15) is 9.59 Å². The number of hydrogen-bond donors (Lipinski definition) is 2. The first-order valence-electron chi connectivity index (χ1n) is 5.98. The van der Waals surface area contributed by atoms with Crippen LogP contribution in [0.15, 0.2) is 30.3 Å². The molecule has 2 N–H and O–H groups in total. The minimum atomic E-state index is -0.974. The fourth-order valence-corrected chi connectivity index (χ4v) is 1.68. The molecule has 0 saturated carbocycles. The van der Waals surface area contributed by atoms with E-state index in [1.807, 2.05) is 6.07 Å². The highest BCUT2D eigenvalue weighted by Crippen LogP contribution is 2.15. The first kappa shape index (κ1) is 16.2. The molecule has 1 amide bonds. The SMILES string of the molecule is COC(CNC(=O)/C=C/c1ccccc1Cl)CC(=O)O. The van der Waals surface area contributed by atoms with Gasteiger partial charge in [-0.2, -0.15) is 0 Å². The van der Waals surface area contributed by atoms with Crippen LogP contribution >= 0.6 is 11.6 Å². The lowest BCUT2D eigenvalue weighted by Crippen LogP contribution is -2.33. The highest BCUT2D eigenvalue weighted by Gasteiger charge is 2.12. The molecule has 1 unspecified atom stereocenters. The van der Waals surface area contributed by atoms with Crippen molar-refractivity contribution >= 4 is 29.6 Å². The van der Waals surface area contributed by atoms with E-state index in [2.05, 4.69) is 5.32 Å². The second-order valence-electron chi connectivity index (χ2n) is 4.06. The standard InChI is InChI=1S/C14H16ClNO4/c1-20-11(8-14(18)19)9-16-13(17)7-6-10-4-2-3-5-12(10)15/h2-7,11H,8-9H2,1H3,(H,16,17)(H,18,19)/b7-6+. The molecule has 0 aromatic heterocycles. The zero-order valence-electron chi connectivity index (χ0n) is 11.0. The Morgan fingerprint density at radius 3 is 2.75 bits per heavy atom. The van der Waals surface area contributed by atoms with Gasteiger partial charge in [-0.25, -0.2) is 0 Å². The van der Waals surface area contributed by atoms with E-state index in [-0.39, 0.29) is 18.9 Å². The van der Waals surface area contributed by atoms with Gasteiger partial charge < -0.3 is 15.2 Å². The summed E-state index contributed by atoms with van der Waals surface area (Å²) in [6.07, 6.45) is 2.22. The third-order valence-electron chi connectivity index (χ3n) is 2.56. The number of halogens is 1. The van der Waals surface area contributed by atoms with Crippen LogP contribution in [0.3, 0.4) is 0 Å². The van der Waals surface area contributed by atoms with Crippen LogP contribution in [0.5, 0.6) is 0 Å². The summed E-state index contributed by atoms with van der Waals surface area (Å²) >= 11 is 5.95. The van der Waals surface area contributed by atoms with Crippen LogP contribution in [-0.2, 0) is 14.3 Å². The lowest BCUT2D eigenvalue weighted by Gasteiger charge is -2.12. The molecule has 0 aliphatic heterocycles. The Morgan fingerprint density at radius 1 is 1.45 bits per heavy atom. The molecule has 108 valence electrons. The summed E-state index contributed by atoms with van der Waals surface area (Å²) in [6, 6.07) is 7.13. The fraction of sp³-hybridized carbons (Fsp3) is 0.286. The predicted molar refractivity (Wildman–Crippen MR) is 76.5 cm³/mol. The Hall–Kier alpha value is -1.85. The number of amides is 1.